The normalized spacial score (nSPS) is 30.9. The maximum Gasteiger partial charge on any atom is 0.226 e. The molecule has 0 heterocycles. The predicted octanol–water partition coefficient (Wildman–Crippen LogP) is 1.22. The summed E-state index contributed by atoms with van der Waals surface area (Å²) in [5.74, 6) is 0.125. The monoisotopic (exact) mass is 241 g/mol. The van der Waals surface area contributed by atoms with Gasteiger partial charge in [-0.25, -0.2) is 0 Å². The van der Waals surface area contributed by atoms with Crippen molar-refractivity contribution in [3.63, 3.8) is 0 Å². The third-order valence-electron chi connectivity index (χ3n) is 4.17. The van der Waals surface area contributed by atoms with Gasteiger partial charge >= 0.3 is 0 Å². The van der Waals surface area contributed by atoms with Crippen molar-refractivity contribution in [3.8, 4) is 0 Å². The van der Waals surface area contributed by atoms with Crippen LogP contribution in [0, 0.1) is 5.41 Å². The zero-order valence-electron chi connectivity index (χ0n) is 10.6. The highest BCUT2D eigenvalue weighted by atomic mass is 16.5. The lowest BCUT2D eigenvalue weighted by Gasteiger charge is -2.30. The number of carbonyl (C=O) groups is 1. The highest BCUT2D eigenvalue weighted by molar-refractivity contribution is 5.85. The quantitative estimate of drug-likeness (QED) is 0.761. The molecule has 0 spiro atoms. The van der Waals surface area contributed by atoms with E-state index in [0.29, 0.717) is 6.61 Å². The van der Waals surface area contributed by atoms with Crippen LogP contribution in [0.3, 0.4) is 0 Å². The Labute approximate surface area is 103 Å². The number of aliphatic hydroxyl groups is 1. The summed E-state index contributed by atoms with van der Waals surface area (Å²) in [4.78, 5) is 12.2. The standard InChI is InChI=1S/C13H23NO3/c1-17-9-8-13(6-7-13)12(16)14-10-4-2-3-5-11(10)15/h10-11,15H,2-9H2,1H3,(H,14,16)/t10-,11-/m0/s1. The molecule has 2 N–H and O–H groups in total. The lowest BCUT2D eigenvalue weighted by molar-refractivity contribution is -0.129. The number of hydrogen-bond acceptors (Lipinski definition) is 3. The summed E-state index contributed by atoms with van der Waals surface area (Å²) in [6.07, 6.45) is 6.28. The van der Waals surface area contributed by atoms with Crippen LogP contribution in [0.1, 0.15) is 44.9 Å². The molecule has 4 nitrogen and oxygen atoms in total. The summed E-state index contributed by atoms with van der Waals surface area (Å²) < 4.78 is 5.05. The van der Waals surface area contributed by atoms with Gasteiger partial charge in [-0.05, 0) is 32.1 Å². The Balaban J connectivity index is 1.83. The van der Waals surface area contributed by atoms with Gasteiger partial charge in [0.15, 0.2) is 0 Å². The third-order valence-corrected chi connectivity index (χ3v) is 4.17. The minimum absolute atomic E-state index is 0.0312. The fraction of sp³-hybridized carbons (Fsp3) is 0.923. The van der Waals surface area contributed by atoms with E-state index in [1.54, 1.807) is 7.11 Å². The fourth-order valence-electron chi connectivity index (χ4n) is 2.64. The van der Waals surface area contributed by atoms with Gasteiger partial charge in [0.05, 0.1) is 17.6 Å². The molecule has 98 valence electrons. The number of carbonyl (C=O) groups excluding carboxylic acids is 1. The molecule has 2 aliphatic rings. The third kappa shape index (κ3) is 2.99. The SMILES string of the molecule is COCCC1(C(=O)N[C@H]2CCCC[C@@H]2O)CC1. The largest absolute Gasteiger partial charge is 0.391 e. The van der Waals surface area contributed by atoms with Crippen LogP contribution in [-0.2, 0) is 9.53 Å². The smallest absolute Gasteiger partial charge is 0.226 e. The Kier molecular flexibility index (Phi) is 4.05. The van der Waals surface area contributed by atoms with Crippen molar-refractivity contribution in [1.82, 2.24) is 5.32 Å². The van der Waals surface area contributed by atoms with Crippen LogP contribution in [0.5, 0.6) is 0 Å². The Bertz CT molecular complexity index is 276. The molecule has 17 heavy (non-hydrogen) atoms. The van der Waals surface area contributed by atoms with Gasteiger partial charge in [-0.3, -0.25) is 4.79 Å². The summed E-state index contributed by atoms with van der Waals surface area (Å²) in [5.41, 5.74) is -0.187. The Morgan fingerprint density at radius 1 is 1.41 bits per heavy atom. The molecule has 4 heteroatoms. The second kappa shape index (κ2) is 5.36. The second-order valence-electron chi connectivity index (χ2n) is 5.45. The zero-order valence-corrected chi connectivity index (χ0v) is 10.6. The van der Waals surface area contributed by atoms with Crippen molar-refractivity contribution in [2.45, 2.75) is 57.1 Å². The molecule has 0 aromatic heterocycles. The van der Waals surface area contributed by atoms with Crippen LogP contribution >= 0.6 is 0 Å². The molecule has 0 bridgehead atoms. The lowest BCUT2D eigenvalue weighted by Crippen LogP contribution is -2.47. The molecule has 0 unspecified atom stereocenters. The Hall–Kier alpha value is -0.610. The van der Waals surface area contributed by atoms with Crippen molar-refractivity contribution < 1.29 is 14.6 Å². The summed E-state index contributed by atoms with van der Waals surface area (Å²) in [5, 5.41) is 12.9. The summed E-state index contributed by atoms with van der Waals surface area (Å²) >= 11 is 0. The van der Waals surface area contributed by atoms with Gasteiger partial charge in [-0.2, -0.15) is 0 Å². The van der Waals surface area contributed by atoms with E-state index in [9.17, 15) is 9.90 Å². The average Bonchev–Trinajstić information content (AvgIpc) is 3.11. The number of aliphatic hydroxyl groups excluding tert-OH is 1. The highest BCUT2D eigenvalue weighted by Gasteiger charge is 2.49. The van der Waals surface area contributed by atoms with Crippen molar-refractivity contribution in [1.29, 1.82) is 0 Å². The molecule has 2 aliphatic carbocycles. The van der Waals surface area contributed by atoms with E-state index in [-0.39, 0.29) is 23.5 Å². The van der Waals surface area contributed by atoms with Crippen LogP contribution in [0.2, 0.25) is 0 Å². The fourth-order valence-corrected chi connectivity index (χ4v) is 2.64. The summed E-state index contributed by atoms with van der Waals surface area (Å²) in [6, 6.07) is -0.0312. The number of rotatable bonds is 5. The van der Waals surface area contributed by atoms with E-state index in [2.05, 4.69) is 5.32 Å². The first-order valence-corrected chi connectivity index (χ1v) is 6.66. The lowest BCUT2D eigenvalue weighted by atomic mass is 9.91. The molecular weight excluding hydrogens is 218 g/mol. The van der Waals surface area contributed by atoms with Crippen molar-refractivity contribution >= 4 is 5.91 Å². The molecule has 2 saturated carbocycles. The van der Waals surface area contributed by atoms with Gasteiger partial charge in [0.2, 0.25) is 5.91 Å². The van der Waals surface area contributed by atoms with Crippen LogP contribution < -0.4 is 5.32 Å². The predicted molar refractivity (Wildman–Crippen MR) is 64.6 cm³/mol. The van der Waals surface area contributed by atoms with E-state index < -0.39 is 0 Å². The molecule has 2 atom stereocenters. The minimum atomic E-state index is -0.356. The topological polar surface area (TPSA) is 58.6 Å². The summed E-state index contributed by atoms with van der Waals surface area (Å²) in [7, 11) is 1.67. The zero-order chi connectivity index (χ0) is 12.3. The van der Waals surface area contributed by atoms with Gasteiger partial charge < -0.3 is 15.2 Å². The number of nitrogens with one attached hydrogen (secondary N) is 1. The molecule has 1 amide bonds. The molecular formula is C13H23NO3. The molecule has 0 radical (unpaired) electrons. The number of methoxy groups -OCH3 is 1. The maximum atomic E-state index is 12.2. The molecule has 0 aliphatic heterocycles. The van der Waals surface area contributed by atoms with Gasteiger partial charge in [-0.15, -0.1) is 0 Å². The van der Waals surface area contributed by atoms with E-state index in [4.69, 9.17) is 4.74 Å². The van der Waals surface area contributed by atoms with Crippen LogP contribution in [0.15, 0.2) is 0 Å². The van der Waals surface area contributed by atoms with Gasteiger partial charge in [0.1, 0.15) is 0 Å². The molecule has 2 rings (SSSR count). The first-order valence-electron chi connectivity index (χ1n) is 6.66. The minimum Gasteiger partial charge on any atom is -0.391 e. The average molecular weight is 241 g/mol. The van der Waals surface area contributed by atoms with Crippen molar-refractivity contribution in [2.75, 3.05) is 13.7 Å². The van der Waals surface area contributed by atoms with E-state index in [1.807, 2.05) is 0 Å². The maximum absolute atomic E-state index is 12.2. The first-order chi connectivity index (χ1) is 8.18. The van der Waals surface area contributed by atoms with Crippen molar-refractivity contribution in [3.05, 3.63) is 0 Å². The summed E-state index contributed by atoms with van der Waals surface area (Å²) in [6.45, 7) is 0.640. The van der Waals surface area contributed by atoms with Gasteiger partial charge in [-0.1, -0.05) is 12.8 Å². The van der Waals surface area contributed by atoms with Crippen LogP contribution in [-0.4, -0.2) is 36.9 Å². The number of ether oxygens (including phenoxy) is 1. The second-order valence-corrected chi connectivity index (χ2v) is 5.45. The van der Waals surface area contributed by atoms with Gasteiger partial charge in [0, 0.05) is 13.7 Å². The Morgan fingerprint density at radius 3 is 2.71 bits per heavy atom. The number of amides is 1. The van der Waals surface area contributed by atoms with Crippen LogP contribution in [0.25, 0.3) is 0 Å². The Morgan fingerprint density at radius 2 is 2.12 bits per heavy atom. The highest BCUT2D eigenvalue weighted by Crippen LogP contribution is 2.49. The number of hydrogen-bond donors (Lipinski definition) is 2. The van der Waals surface area contributed by atoms with Gasteiger partial charge in [0.25, 0.3) is 0 Å². The van der Waals surface area contributed by atoms with E-state index >= 15 is 0 Å². The van der Waals surface area contributed by atoms with E-state index in [1.165, 1.54) is 0 Å². The van der Waals surface area contributed by atoms with Crippen molar-refractivity contribution in [2.24, 2.45) is 5.41 Å². The first kappa shape index (κ1) is 12.8. The molecule has 0 aromatic rings. The molecule has 0 saturated heterocycles. The molecule has 2 fully saturated rings. The van der Waals surface area contributed by atoms with E-state index in [0.717, 1.165) is 44.9 Å². The van der Waals surface area contributed by atoms with Crippen LogP contribution in [0.4, 0.5) is 0 Å². The molecule has 0 aromatic carbocycles.